The van der Waals surface area contributed by atoms with Crippen molar-refractivity contribution in [2.45, 2.75) is 44.4 Å². The van der Waals surface area contributed by atoms with Gasteiger partial charge in [0.15, 0.2) is 0 Å². The first kappa shape index (κ1) is 15.3. The van der Waals surface area contributed by atoms with E-state index in [1.54, 1.807) is 0 Å². The summed E-state index contributed by atoms with van der Waals surface area (Å²) in [6.45, 7) is 2.31. The van der Waals surface area contributed by atoms with Gasteiger partial charge in [0.25, 0.3) is 0 Å². The number of nitrogens with one attached hydrogen (secondary N) is 2. The minimum atomic E-state index is -0.253. The van der Waals surface area contributed by atoms with Gasteiger partial charge in [-0.1, -0.05) is 18.2 Å². The predicted octanol–water partition coefficient (Wildman–Crippen LogP) is 1.61. The van der Waals surface area contributed by atoms with Gasteiger partial charge in [-0.2, -0.15) is 0 Å². The van der Waals surface area contributed by atoms with Crippen molar-refractivity contribution in [3.8, 4) is 5.75 Å². The molecule has 1 aromatic carbocycles. The van der Waals surface area contributed by atoms with Crippen LogP contribution >= 0.6 is 0 Å². The Morgan fingerprint density at radius 3 is 2.91 bits per heavy atom. The molecule has 2 N–H and O–H groups in total. The van der Waals surface area contributed by atoms with Gasteiger partial charge < -0.3 is 20.1 Å². The van der Waals surface area contributed by atoms with Crippen LogP contribution in [0.4, 0.5) is 0 Å². The Morgan fingerprint density at radius 1 is 1.32 bits per heavy atom. The van der Waals surface area contributed by atoms with Crippen molar-refractivity contribution in [2.24, 2.45) is 0 Å². The van der Waals surface area contributed by atoms with Gasteiger partial charge in [0.2, 0.25) is 5.91 Å². The van der Waals surface area contributed by atoms with E-state index < -0.39 is 0 Å². The average Bonchev–Trinajstić information content (AvgIpc) is 3.07. The van der Waals surface area contributed by atoms with Crippen LogP contribution in [0.5, 0.6) is 5.75 Å². The van der Waals surface area contributed by atoms with E-state index >= 15 is 0 Å². The second-order valence-electron chi connectivity index (χ2n) is 5.93. The number of rotatable bonds is 5. The van der Waals surface area contributed by atoms with Gasteiger partial charge in [0.05, 0.1) is 19.3 Å². The topological polar surface area (TPSA) is 59.6 Å². The van der Waals surface area contributed by atoms with Crippen LogP contribution in [-0.2, 0) is 16.1 Å². The minimum absolute atomic E-state index is 0.0182. The highest BCUT2D eigenvalue weighted by molar-refractivity contribution is 5.82. The number of hydrogen-bond donors (Lipinski definition) is 2. The molecule has 1 amide bonds. The van der Waals surface area contributed by atoms with Crippen LogP contribution in [0.25, 0.3) is 0 Å². The smallest absolute Gasteiger partial charge is 0.239 e. The Hall–Kier alpha value is -1.59. The summed E-state index contributed by atoms with van der Waals surface area (Å²) in [4.78, 5) is 12.1. The highest BCUT2D eigenvalue weighted by Gasteiger charge is 2.21. The predicted molar refractivity (Wildman–Crippen MR) is 83.8 cm³/mol. The molecule has 1 aliphatic heterocycles. The lowest BCUT2D eigenvalue weighted by Crippen LogP contribution is -2.51. The molecule has 5 heteroatoms. The van der Waals surface area contributed by atoms with E-state index in [2.05, 4.69) is 10.6 Å². The van der Waals surface area contributed by atoms with E-state index in [0.717, 1.165) is 30.7 Å². The molecule has 22 heavy (non-hydrogen) atoms. The minimum Gasteiger partial charge on any atom is -0.490 e. The molecule has 1 atom stereocenters. The van der Waals surface area contributed by atoms with E-state index in [9.17, 15) is 4.79 Å². The number of morpholine rings is 1. The first-order chi connectivity index (χ1) is 10.8. The maximum atomic E-state index is 12.1. The second kappa shape index (κ2) is 7.61. The van der Waals surface area contributed by atoms with Gasteiger partial charge in [0.1, 0.15) is 11.8 Å². The maximum absolute atomic E-state index is 12.1. The van der Waals surface area contributed by atoms with E-state index in [-0.39, 0.29) is 11.9 Å². The molecule has 2 fully saturated rings. The summed E-state index contributed by atoms with van der Waals surface area (Å²) in [7, 11) is 0. The number of amides is 1. The number of benzene rings is 1. The normalized spacial score (nSPS) is 22.5. The fourth-order valence-corrected chi connectivity index (χ4v) is 2.99. The summed E-state index contributed by atoms with van der Waals surface area (Å²) in [6, 6.07) is 7.70. The Kier molecular flexibility index (Phi) is 5.29. The zero-order valence-electron chi connectivity index (χ0n) is 12.8. The van der Waals surface area contributed by atoms with Gasteiger partial charge in [-0.05, 0) is 31.7 Å². The number of hydrogen-bond acceptors (Lipinski definition) is 4. The zero-order chi connectivity index (χ0) is 15.2. The molecular formula is C17H24N2O3. The first-order valence-electron chi connectivity index (χ1n) is 8.16. The fraction of sp³-hybridized carbons (Fsp3) is 0.588. The molecule has 5 nitrogen and oxygen atoms in total. The molecule has 2 aliphatic rings. The van der Waals surface area contributed by atoms with E-state index in [4.69, 9.17) is 9.47 Å². The molecule has 3 rings (SSSR count). The first-order valence-corrected chi connectivity index (χ1v) is 8.16. The van der Waals surface area contributed by atoms with E-state index in [0.29, 0.717) is 25.9 Å². The lowest BCUT2D eigenvalue weighted by molar-refractivity contribution is -0.126. The third kappa shape index (κ3) is 3.99. The molecular weight excluding hydrogens is 280 g/mol. The molecule has 1 aliphatic carbocycles. The van der Waals surface area contributed by atoms with Crippen molar-refractivity contribution in [2.75, 3.05) is 19.8 Å². The van der Waals surface area contributed by atoms with Crippen LogP contribution in [0.15, 0.2) is 24.3 Å². The molecule has 1 heterocycles. The van der Waals surface area contributed by atoms with Crippen LogP contribution in [0.1, 0.15) is 31.2 Å². The van der Waals surface area contributed by atoms with Crippen molar-refractivity contribution < 1.29 is 14.3 Å². The third-order valence-corrected chi connectivity index (χ3v) is 4.26. The molecule has 0 spiro atoms. The SMILES string of the molecule is O=C(NCc1ccccc1OC1CCCC1)C1COCCN1. The summed E-state index contributed by atoms with van der Waals surface area (Å²) in [5.74, 6) is 0.873. The van der Waals surface area contributed by atoms with Gasteiger partial charge in [-0.25, -0.2) is 0 Å². The van der Waals surface area contributed by atoms with Gasteiger partial charge in [-0.15, -0.1) is 0 Å². The molecule has 1 saturated carbocycles. The number of carbonyl (C=O) groups is 1. The van der Waals surface area contributed by atoms with Gasteiger partial charge in [-0.3, -0.25) is 4.79 Å². The monoisotopic (exact) mass is 304 g/mol. The quantitative estimate of drug-likeness (QED) is 0.868. The van der Waals surface area contributed by atoms with E-state index in [1.807, 2.05) is 24.3 Å². The molecule has 0 bridgehead atoms. The van der Waals surface area contributed by atoms with Crippen molar-refractivity contribution in [1.29, 1.82) is 0 Å². The molecule has 1 saturated heterocycles. The van der Waals surface area contributed by atoms with Crippen LogP contribution in [0.3, 0.4) is 0 Å². The lowest BCUT2D eigenvalue weighted by Gasteiger charge is -2.23. The summed E-state index contributed by atoms with van der Waals surface area (Å²) in [5.41, 5.74) is 1.03. The molecule has 120 valence electrons. The standard InChI is InChI=1S/C17H24N2O3/c20-17(15-12-21-10-9-18-15)19-11-13-5-1-4-8-16(13)22-14-6-2-3-7-14/h1,4-5,8,14-15,18H,2-3,6-7,9-12H2,(H,19,20). The molecule has 0 aromatic heterocycles. The van der Waals surface area contributed by atoms with Crippen molar-refractivity contribution >= 4 is 5.91 Å². The van der Waals surface area contributed by atoms with Crippen LogP contribution in [0.2, 0.25) is 0 Å². The summed E-state index contributed by atoms with van der Waals surface area (Å²) in [6.07, 6.45) is 5.08. The van der Waals surface area contributed by atoms with Crippen LogP contribution < -0.4 is 15.4 Å². The molecule has 1 aromatic rings. The Labute approximate surface area is 131 Å². The summed E-state index contributed by atoms with van der Waals surface area (Å²) >= 11 is 0. The van der Waals surface area contributed by atoms with Crippen LogP contribution in [-0.4, -0.2) is 37.8 Å². The Morgan fingerprint density at radius 2 is 2.14 bits per heavy atom. The van der Waals surface area contributed by atoms with Gasteiger partial charge in [0, 0.05) is 18.7 Å². The van der Waals surface area contributed by atoms with Crippen molar-refractivity contribution in [3.05, 3.63) is 29.8 Å². The maximum Gasteiger partial charge on any atom is 0.239 e. The molecule has 0 radical (unpaired) electrons. The lowest BCUT2D eigenvalue weighted by atomic mass is 10.2. The molecule has 1 unspecified atom stereocenters. The fourth-order valence-electron chi connectivity index (χ4n) is 2.99. The summed E-state index contributed by atoms with van der Waals surface area (Å²) in [5, 5.41) is 6.13. The Balaban J connectivity index is 1.56. The van der Waals surface area contributed by atoms with Gasteiger partial charge >= 0.3 is 0 Å². The highest BCUT2D eigenvalue weighted by Crippen LogP contribution is 2.26. The number of ether oxygens (including phenoxy) is 2. The van der Waals surface area contributed by atoms with Crippen LogP contribution in [0, 0.1) is 0 Å². The number of para-hydroxylation sites is 1. The third-order valence-electron chi connectivity index (χ3n) is 4.26. The second-order valence-corrected chi connectivity index (χ2v) is 5.93. The zero-order valence-corrected chi connectivity index (χ0v) is 12.8. The van der Waals surface area contributed by atoms with E-state index in [1.165, 1.54) is 12.8 Å². The highest BCUT2D eigenvalue weighted by atomic mass is 16.5. The number of carbonyl (C=O) groups excluding carboxylic acids is 1. The summed E-state index contributed by atoms with van der Waals surface area (Å²) < 4.78 is 11.4. The Bertz CT molecular complexity index is 494. The average molecular weight is 304 g/mol. The largest absolute Gasteiger partial charge is 0.490 e. The van der Waals surface area contributed by atoms with Crippen molar-refractivity contribution in [1.82, 2.24) is 10.6 Å². The van der Waals surface area contributed by atoms with Crippen molar-refractivity contribution in [3.63, 3.8) is 0 Å².